The number of hydrogen-bond donors (Lipinski definition) is 0. The van der Waals surface area contributed by atoms with E-state index in [1.807, 2.05) is 0 Å². The number of hydrogen-bond acceptors (Lipinski definition) is 2. The van der Waals surface area contributed by atoms with Gasteiger partial charge in [-0.05, 0) is 18.4 Å². The zero-order valence-electron chi connectivity index (χ0n) is 4.89. The molecule has 1 saturated heterocycles. The highest BCUT2D eigenvalue weighted by Gasteiger charge is 2.13. The summed E-state index contributed by atoms with van der Waals surface area (Å²) in [6.07, 6.45) is 1.16. The van der Waals surface area contributed by atoms with Crippen molar-refractivity contribution < 1.29 is 4.79 Å². The standard InChI is InChI=1S/C5H9NOS/c1-5(7)6-3-2-4-8-6/h2-4H2,1H3. The summed E-state index contributed by atoms with van der Waals surface area (Å²) in [5.74, 6) is 1.30. The Kier molecular flexibility index (Phi) is 1.78. The van der Waals surface area contributed by atoms with Crippen LogP contribution in [0.15, 0.2) is 0 Å². The molecule has 1 rings (SSSR count). The predicted octanol–water partition coefficient (Wildman–Crippen LogP) is 0.887. The van der Waals surface area contributed by atoms with Gasteiger partial charge in [-0.25, -0.2) is 0 Å². The van der Waals surface area contributed by atoms with Crippen molar-refractivity contribution in [3.8, 4) is 0 Å². The van der Waals surface area contributed by atoms with Gasteiger partial charge in [0.25, 0.3) is 0 Å². The SMILES string of the molecule is CC(=O)N1CCCS1. The minimum Gasteiger partial charge on any atom is -0.287 e. The summed E-state index contributed by atoms with van der Waals surface area (Å²) in [5, 5.41) is 0. The summed E-state index contributed by atoms with van der Waals surface area (Å²) in [6, 6.07) is 0. The Bertz CT molecular complexity index is 98.6. The van der Waals surface area contributed by atoms with Crippen LogP contribution in [-0.2, 0) is 4.79 Å². The molecule has 0 N–H and O–H groups in total. The molecule has 1 heterocycles. The molecule has 1 aliphatic heterocycles. The van der Waals surface area contributed by atoms with Crippen LogP contribution in [-0.4, -0.2) is 22.5 Å². The van der Waals surface area contributed by atoms with Crippen LogP contribution < -0.4 is 0 Å². The van der Waals surface area contributed by atoms with Gasteiger partial charge in [0, 0.05) is 19.2 Å². The summed E-state index contributed by atoms with van der Waals surface area (Å²) in [5.41, 5.74) is 0. The van der Waals surface area contributed by atoms with Crippen molar-refractivity contribution >= 4 is 17.9 Å². The van der Waals surface area contributed by atoms with Crippen LogP contribution in [0.2, 0.25) is 0 Å². The Balaban J connectivity index is 2.35. The highest BCUT2D eigenvalue weighted by Crippen LogP contribution is 2.18. The third-order valence-electron chi connectivity index (χ3n) is 1.10. The van der Waals surface area contributed by atoms with Gasteiger partial charge in [0.05, 0.1) is 0 Å². The Morgan fingerprint density at radius 2 is 2.50 bits per heavy atom. The summed E-state index contributed by atoms with van der Waals surface area (Å²) in [6.45, 7) is 2.55. The molecule has 0 aromatic heterocycles. The lowest BCUT2D eigenvalue weighted by molar-refractivity contribution is -0.123. The van der Waals surface area contributed by atoms with Crippen molar-refractivity contribution in [3.63, 3.8) is 0 Å². The van der Waals surface area contributed by atoms with E-state index in [-0.39, 0.29) is 5.91 Å². The fraction of sp³-hybridized carbons (Fsp3) is 0.800. The molecule has 0 radical (unpaired) electrons. The van der Waals surface area contributed by atoms with E-state index in [4.69, 9.17) is 0 Å². The average molecular weight is 131 g/mol. The zero-order chi connectivity index (χ0) is 5.98. The lowest BCUT2D eigenvalue weighted by Gasteiger charge is -2.08. The van der Waals surface area contributed by atoms with E-state index >= 15 is 0 Å². The number of amides is 1. The van der Waals surface area contributed by atoms with Crippen LogP contribution in [0, 0.1) is 0 Å². The minimum absolute atomic E-state index is 0.188. The van der Waals surface area contributed by atoms with Crippen LogP contribution in [0.1, 0.15) is 13.3 Å². The molecular formula is C5H9NOS. The second-order valence-corrected chi connectivity index (χ2v) is 2.92. The molecule has 8 heavy (non-hydrogen) atoms. The Morgan fingerprint density at radius 3 is 2.75 bits per heavy atom. The summed E-state index contributed by atoms with van der Waals surface area (Å²) in [7, 11) is 0. The van der Waals surface area contributed by atoms with E-state index in [9.17, 15) is 4.79 Å². The van der Waals surface area contributed by atoms with Crippen molar-refractivity contribution in [2.24, 2.45) is 0 Å². The predicted molar refractivity (Wildman–Crippen MR) is 34.5 cm³/mol. The molecule has 3 heteroatoms. The normalized spacial score (nSPS) is 19.4. The van der Waals surface area contributed by atoms with Crippen LogP contribution in [0.3, 0.4) is 0 Å². The lowest BCUT2D eigenvalue weighted by atomic mass is 10.5. The summed E-state index contributed by atoms with van der Waals surface area (Å²) >= 11 is 1.63. The third-order valence-corrected chi connectivity index (χ3v) is 2.33. The molecule has 1 fully saturated rings. The topological polar surface area (TPSA) is 20.3 Å². The van der Waals surface area contributed by atoms with Gasteiger partial charge in [-0.3, -0.25) is 9.10 Å². The van der Waals surface area contributed by atoms with Crippen LogP contribution >= 0.6 is 11.9 Å². The van der Waals surface area contributed by atoms with Crippen molar-refractivity contribution in [2.45, 2.75) is 13.3 Å². The van der Waals surface area contributed by atoms with Gasteiger partial charge in [0.2, 0.25) is 5.91 Å². The van der Waals surface area contributed by atoms with Gasteiger partial charge in [0.1, 0.15) is 0 Å². The minimum atomic E-state index is 0.188. The fourth-order valence-corrected chi connectivity index (χ4v) is 1.61. The molecule has 0 aliphatic carbocycles. The first-order valence-electron chi connectivity index (χ1n) is 2.72. The molecule has 0 aromatic rings. The van der Waals surface area contributed by atoms with Gasteiger partial charge in [-0.15, -0.1) is 0 Å². The van der Waals surface area contributed by atoms with Gasteiger partial charge in [-0.2, -0.15) is 0 Å². The van der Waals surface area contributed by atoms with Crippen LogP contribution in [0.25, 0.3) is 0 Å². The number of rotatable bonds is 0. The number of carbonyl (C=O) groups is 1. The van der Waals surface area contributed by atoms with E-state index in [0.29, 0.717) is 0 Å². The Hall–Kier alpha value is -0.180. The second-order valence-electron chi connectivity index (χ2n) is 1.81. The fourth-order valence-electron chi connectivity index (χ4n) is 0.696. The number of carbonyl (C=O) groups excluding carboxylic acids is 1. The monoisotopic (exact) mass is 131 g/mol. The first-order valence-corrected chi connectivity index (χ1v) is 3.66. The van der Waals surface area contributed by atoms with Crippen molar-refractivity contribution in [2.75, 3.05) is 12.3 Å². The average Bonchev–Trinajstić information content (AvgIpc) is 2.12. The first kappa shape index (κ1) is 5.95. The van der Waals surface area contributed by atoms with Gasteiger partial charge < -0.3 is 0 Å². The van der Waals surface area contributed by atoms with Crippen LogP contribution in [0.5, 0.6) is 0 Å². The van der Waals surface area contributed by atoms with E-state index in [0.717, 1.165) is 18.7 Å². The molecule has 0 bridgehead atoms. The largest absolute Gasteiger partial charge is 0.287 e. The smallest absolute Gasteiger partial charge is 0.229 e. The molecule has 0 saturated carbocycles. The lowest BCUT2D eigenvalue weighted by Crippen LogP contribution is -2.16. The van der Waals surface area contributed by atoms with E-state index < -0.39 is 0 Å². The van der Waals surface area contributed by atoms with E-state index in [2.05, 4.69) is 0 Å². The third kappa shape index (κ3) is 1.15. The highest BCUT2D eigenvalue weighted by atomic mass is 32.2. The van der Waals surface area contributed by atoms with Gasteiger partial charge in [-0.1, -0.05) is 0 Å². The molecular weight excluding hydrogens is 122 g/mol. The molecule has 46 valence electrons. The first-order chi connectivity index (χ1) is 3.80. The van der Waals surface area contributed by atoms with Gasteiger partial charge in [0.15, 0.2) is 0 Å². The molecule has 2 nitrogen and oxygen atoms in total. The van der Waals surface area contributed by atoms with Crippen LogP contribution in [0.4, 0.5) is 0 Å². The number of nitrogens with zero attached hydrogens (tertiary/aromatic N) is 1. The molecule has 0 spiro atoms. The van der Waals surface area contributed by atoms with E-state index in [1.54, 1.807) is 23.2 Å². The Morgan fingerprint density at radius 1 is 1.75 bits per heavy atom. The quantitative estimate of drug-likeness (QED) is 0.455. The molecule has 1 aliphatic rings. The van der Waals surface area contributed by atoms with E-state index in [1.165, 1.54) is 0 Å². The maximum Gasteiger partial charge on any atom is 0.229 e. The molecule has 1 amide bonds. The Labute approximate surface area is 53.4 Å². The molecule has 0 atom stereocenters. The van der Waals surface area contributed by atoms with Crippen molar-refractivity contribution in [1.29, 1.82) is 0 Å². The highest BCUT2D eigenvalue weighted by molar-refractivity contribution is 7.97. The van der Waals surface area contributed by atoms with Crippen molar-refractivity contribution in [3.05, 3.63) is 0 Å². The maximum atomic E-state index is 10.6. The van der Waals surface area contributed by atoms with Crippen molar-refractivity contribution in [1.82, 2.24) is 4.31 Å². The van der Waals surface area contributed by atoms with Gasteiger partial charge >= 0.3 is 0 Å². The second kappa shape index (κ2) is 2.40. The molecule has 0 unspecified atom stereocenters. The summed E-state index contributed by atoms with van der Waals surface area (Å²) < 4.78 is 1.81. The molecule has 0 aromatic carbocycles. The summed E-state index contributed by atoms with van der Waals surface area (Å²) in [4.78, 5) is 10.6. The zero-order valence-corrected chi connectivity index (χ0v) is 5.70. The maximum absolute atomic E-state index is 10.6.